The Morgan fingerprint density at radius 3 is 2.83 bits per heavy atom. The highest BCUT2D eigenvalue weighted by Gasteiger charge is 2.51. The predicted molar refractivity (Wildman–Crippen MR) is 67.3 cm³/mol. The quantitative estimate of drug-likeness (QED) is 0.824. The van der Waals surface area contributed by atoms with Gasteiger partial charge in [-0.1, -0.05) is 12.1 Å². The molecule has 3 rings (SSSR count). The van der Waals surface area contributed by atoms with Gasteiger partial charge in [0.1, 0.15) is 11.4 Å². The molecule has 1 aromatic rings. The highest BCUT2D eigenvalue weighted by Crippen LogP contribution is 2.49. The summed E-state index contributed by atoms with van der Waals surface area (Å²) >= 11 is 0. The summed E-state index contributed by atoms with van der Waals surface area (Å²) in [4.78, 5) is 0. The van der Waals surface area contributed by atoms with E-state index in [1.54, 1.807) is 0 Å². The normalized spacial score (nSPS) is 33.2. The lowest BCUT2D eigenvalue weighted by Crippen LogP contribution is -2.45. The van der Waals surface area contributed by atoms with Crippen molar-refractivity contribution in [2.75, 3.05) is 13.2 Å². The molecule has 4 nitrogen and oxygen atoms in total. The van der Waals surface area contributed by atoms with Crippen molar-refractivity contribution in [2.24, 2.45) is 5.73 Å². The third-order valence-corrected chi connectivity index (χ3v) is 3.46. The molecule has 2 aliphatic heterocycles. The van der Waals surface area contributed by atoms with Crippen molar-refractivity contribution in [3.8, 4) is 5.75 Å². The van der Waals surface area contributed by atoms with E-state index in [9.17, 15) is 0 Å². The van der Waals surface area contributed by atoms with Crippen LogP contribution in [0.3, 0.4) is 0 Å². The molecule has 4 heteroatoms. The number of rotatable bonds is 1. The minimum Gasteiger partial charge on any atom is -0.487 e. The number of para-hydroxylation sites is 1. The standard InChI is InChI=1S/C14H19NO3/c1-13(2)9-14(16-8-10(7-15)17-14)11-5-3-4-6-12(11)18-13/h3-6,10H,7-9,15H2,1-2H3. The van der Waals surface area contributed by atoms with E-state index in [0.717, 1.165) is 11.3 Å². The van der Waals surface area contributed by atoms with Gasteiger partial charge in [-0.25, -0.2) is 0 Å². The minimum atomic E-state index is -0.692. The fourth-order valence-corrected chi connectivity index (χ4v) is 2.77. The van der Waals surface area contributed by atoms with E-state index in [1.807, 2.05) is 38.1 Å². The fourth-order valence-electron chi connectivity index (χ4n) is 2.77. The van der Waals surface area contributed by atoms with Crippen LogP contribution in [0.1, 0.15) is 25.8 Å². The number of ether oxygens (including phenoxy) is 3. The first-order chi connectivity index (χ1) is 8.55. The summed E-state index contributed by atoms with van der Waals surface area (Å²) in [5.74, 6) is 0.147. The van der Waals surface area contributed by atoms with Crippen LogP contribution >= 0.6 is 0 Å². The molecule has 0 saturated carbocycles. The van der Waals surface area contributed by atoms with Crippen molar-refractivity contribution >= 4 is 0 Å². The maximum atomic E-state index is 6.07. The predicted octanol–water partition coefficient (Wildman–Crippen LogP) is 1.77. The van der Waals surface area contributed by atoms with Crippen LogP contribution in [-0.2, 0) is 15.3 Å². The Balaban J connectivity index is 2.04. The van der Waals surface area contributed by atoms with Crippen molar-refractivity contribution in [1.29, 1.82) is 0 Å². The molecule has 1 spiro atoms. The average molecular weight is 249 g/mol. The van der Waals surface area contributed by atoms with E-state index in [2.05, 4.69) is 0 Å². The molecule has 1 saturated heterocycles. The molecule has 0 amide bonds. The van der Waals surface area contributed by atoms with E-state index in [4.69, 9.17) is 19.9 Å². The Morgan fingerprint density at radius 1 is 1.33 bits per heavy atom. The number of benzene rings is 1. The Hall–Kier alpha value is -1.10. The summed E-state index contributed by atoms with van der Waals surface area (Å²) < 4.78 is 18.0. The van der Waals surface area contributed by atoms with E-state index in [1.165, 1.54) is 0 Å². The zero-order chi connectivity index (χ0) is 12.8. The Morgan fingerprint density at radius 2 is 2.11 bits per heavy atom. The van der Waals surface area contributed by atoms with Crippen molar-refractivity contribution < 1.29 is 14.2 Å². The molecule has 1 fully saturated rings. The molecule has 2 unspecified atom stereocenters. The molecule has 2 aliphatic rings. The first-order valence-corrected chi connectivity index (χ1v) is 6.35. The van der Waals surface area contributed by atoms with Gasteiger partial charge in [-0.15, -0.1) is 0 Å². The van der Waals surface area contributed by atoms with Crippen LogP contribution in [0.15, 0.2) is 24.3 Å². The summed E-state index contributed by atoms with van der Waals surface area (Å²) in [7, 11) is 0. The molecular weight excluding hydrogens is 230 g/mol. The van der Waals surface area contributed by atoms with Crippen molar-refractivity contribution in [1.82, 2.24) is 0 Å². The number of fused-ring (bicyclic) bond motifs is 2. The first-order valence-electron chi connectivity index (χ1n) is 6.35. The number of hydrogen-bond donors (Lipinski definition) is 1. The minimum absolute atomic E-state index is 0.0352. The highest BCUT2D eigenvalue weighted by atomic mass is 16.7. The average Bonchev–Trinajstić information content (AvgIpc) is 2.71. The summed E-state index contributed by atoms with van der Waals surface area (Å²) in [6, 6.07) is 7.90. The van der Waals surface area contributed by atoms with Gasteiger partial charge in [0.2, 0.25) is 5.79 Å². The molecule has 2 N–H and O–H groups in total. The molecule has 1 aromatic carbocycles. The summed E-state index contributed by atoms with van der Waals surface area (Å²) in [5.41, 5.74) is 6.34. The first kappa shape index (κ1) is 12.0. The van der Waals surface area contributed by atoms with Gasteiger partial charge in [-0.05, 0) is 26.0 Å². The van der Waals surface area contributed by atoms with Gasteiger partial charge in [-0.2, -0.15) is 0 Å². The van der Waals surface area contributed by atoms with Crippen LogP contribution in [0.25, 0.3) is 0 Å². The monoisotopic (exact) mass is 249 g/mol. The topological polar surface area (TPSA) is 53.7 Å². The largest absolute Gasteiger partial charge is 0.487 e. The van der Waals surface area contributed by atoms with E-state index in [0.29, 0.717) is 19.6 Å². The fraction of sp³-hybridized carbons (Fsp3) is 0.571. The summed E-state index contributed by atoms with van der Waals surface area (Å²) in [6.07, 6.45) is 0.639. The van der Waals surface area contributed by atoms with E-state index in [-0.39, 0.29) is 11.7 Å². The van der Waals surface area contributed by atoms with Crippen LogP contribution in [0, 0.1) is 0 Å². The lowest BCUT2D eigenvalue weighted by Gasteiger charge is -2.42. The lowest BCUT2D eigenvalue weighted by molar-refractivity contribution is -0.215. The second kappa shape index (κ2) is 3.95. The van der Waals surface area contributed by atoms with Gasteiger partial charge in [-0.3, -0.25) is 0 Å². The Kier molecular flexibility index (Phi) is 2.62. The molecule has 0 aromatic heterocycles. The van der Waals surface area contributed by atoms with Gasteiger partial charge < -0.3 is 19.9 Å². The second-order valence-corrected chi connectivity index (χ2v) is 5.57. The zero-order valence-corrected chi connectivity index (χ0v) is 10.8. The smallest absolute Gasteiger partial charge is 0.202 e. The van der Waals surface area contributed by atoms with Crippen LogP contribution in [0.4, 0.5) is 0 Å². The zero-order valence-electron chi connectivity index (χ0n) is 10.8. The van der Waals surface area contributed by atoms with Gasteiger partial charge in [0.25, 0.3) is 0 Å². The van der Waals surface area contributed by atoms with Gasteiger partial charge in [0.05, 0.1) is 18.3 Å². The third-order valence-electron chi connectivity index (χ3n) is 3.46. The van der Waals surface area contributed by atoms with Crippen molar-refractivity contribution in [2.45, 2.75) is 37.8 Å². The Labute approximate surface area is 107 Å². The lowest BCUT2D eigenvalue weighted by atomic mass is 9.88. The van der Waals surface area contributed by atoms with E-state index >= 15 is 0 Å². The van der Waals surface area contributed by atoms with Crippen LogP contribution < -0.4 is 10.5 Å². The van der Waals surface area contributed by atoms with Crippen molar-refractivity contribution in [3.05, 3.63) is 29.8 Å². The molecule has 2 atom stereocenters. The number of nitrogens with two attached hydrogens (primary N) is 1. The maximum absolute atomic E-state index is 6.07. The summed E-state index contributed by atoms with van der Waals surface area (Å²) in [6.45, 7) is 5.12. The van der Waals surface area contributed by atoms with Gasteiger partial charge in [0.15, 0.2) is 0 Å². The molecule has 98 valence electrons. The van der Waals surface area contributed by atoms with Crippen LogP contribution in [0.5, 0.6) is 5.75 Å². The van der Waals surface area contributed by atoms with Crippen molar-refractivity contribution in [3.63, 3.8) is 0 Å². The van der Waals surface area contributed by atoms with Gasteiger partial charge in [0, 0.05) is 13.0 Å². The Bertz CT molecular complexity index is 460. The molecule has 18 heavy (non-hydrogen) atoms. The molecule has 0 radical (unpaired) electrons. The number of hydrogen-bond acceptors (Lipinski definition) is 4. The molecular formula is C14H19NO3. The third kappa shape index (κ3) is 1.81. The SMILES string of the molecule is CC1(C)CC2(OCC(CN)O2)c2ccccc2O1. The molecule has 0 aliphatic carbocycles. The molecule has 0 bridgehead atoms. The van der Waals surface area contributed by atoms with E-state index < -0.39 is 5.79 Å². The van der Waals surface area contributed by atoms with Gasteiger partial charge >= 0.3 is 0 Å². The molecule has 2 heterocycles. The second-order valence-electron chi connectivity index (χ2n) is 5.57. The van der Waals surface area contributed by atoms with Crippen LogP contribution in [0.2, 0.25) is 0 Å². The van der Waals surface area contributed by atoms with Crippen LogP contribution in [-0.4, -0.2) is 24.9 Å². The summed E-state index contributed by atoms with van der Waals surface area (Å²) in [5, 5.41) is 0. The maximum Gasteiger partial charge on any atom is 0.202 e. The highest BCUT2D eigenvalue weighted by molar-refractivity contribution is 5.40.